The summed E-state index contributed by atoms with van der Waals surface area (Å²) >= 11 is 2.98. The van der Waals surface area contributed by atoms with Gasteiger partial charge in [0.2, 0.25) is 0 Å². The van der Waals surface area contributed by atoms with Crippen LogP contribution < -0.4 is 0 Å². The van der Waals surface area contributed by atoms with Crippen molar-refractivity contribution in [2.45, 2.75) is 4.90 Å². The normalized spacial score (nSPS) is 16.9. The van der Waals surface area contributed by atoms with Crippen LogP contribution in [0.4, 0.5) is 5.69 Å². The largest absolute Gasteiger partial charge is 0.289 e. The predicted octanol–water partition coefficient (Wildman–Crippen LogP) is 2.14. The van der Waals surface area contributed by atoms with E-state index < -0.39 is 14.9 Å². The zero-order valence-electron chi connectivity index (χ0n) is 10.3. The fourth-order valence-electron chi connectivity index (χ4n) is 1.50. The number of rotatable bonds is 3. The second kappa shape index (κ2) is 5.70. The van der Waals surface area contributed by atoms with Gasteiger partial charge >= 0.3 is 0 Å². The molecule has 1 aromatic carbocycles. The lowest BCUT2D eigenvalue weighted by Crippen LogP contribution is -2.07. The molecule has 0 spiro atoms. The molecule has 2 rings (SSSR count). The number of benzene rings is 1. The molecule has 1 aliphatic carbocycles. The Kier molecular flexibility index (Phi) is 4.14. The average Bonchev–Trinajstić information content (AvgIpc) is 2.43. The van der Waals surface area contributed by atoms with Crippen LogP contribution in [-0.2, 0) is 14.8 Å². The Balaban J connectivity index is 2.44. The van der Waals surface area contributed by atoms with Crippen molar-refractivity contribution in [1.82, 2.24) is 0 Å². The number of nitrogens with zero attached hydrogens (tertiary/aromatic N) is 2. The van der Waals surface area contributed by atoms with Crippen molar-refractivity contribution in [1.29, 1.82) is 0 Å². The zero-order valence-corrected chi connectivity index (χ0v) is 12.7. The van der Waals surface area contributed by atoms with Crippen molar-refractivity contribution in [3.63, 3.8) is 0 Å². The van der Waals surface area contributed by atoms with Gasteiger partial charge in [-0.1, -0.05) is 6.07 Å². The summed E-state index contributed by atoms with van der Waals surface area (Å²) in [4.78, 5) is 20.9. The van der Waals surface area contributed by atoms with Crippen LogP contribution in [0.15, 0.2) is 56.3 Å². The van der Waals surface area contributed by atoms with Crippen molar-refractivity contribution in [3.05, 3.63) is 57.1 Å². The Morgan fingerprint density at radius 2 is 1.95 bits per heavy atom. The summed E-state index contributed by atoms with van der Waals surface area (Å²) in [7, 11) is -4.10. The summed E-state index contributed by atoms with van der Waals surface area (Å²) < 4.78 is 27.9. The van der Waals surface area contributed by atoms with E-state index in [2.05, 4.69) is 20.3 Å². The molecule has 0 fully saturated rings. The molecule has 0 saturated carbocycles. The third-order valence-electron chi connectivity index (χ3n) is 2.47. The number of nitro groups is 1. The molecule has 0 amide bonds. The van der Waals surface area contributed by atoms with Crippen molar-refractivity contribution in [2.24, 2.45) is 4.40 Å². The van der Waals surface area contributed by atoms with Gasteiger partial charge in [0.25, 0.3) is 15.7 Å². The maximum atomic E-state index is 12.1. The minimum Gasteiger partial charge on any atom is -0.289 e. The highest BCUT2D eigenvalue weighted by molar-refractivity contribution is 9.12. The molecule has 0 bridgehead atoms. The van der Waals surface area contributed by atoms with Crippen molar-refractivity contribution >= 4 is 43.1 Å². The monoisotopic (exact) mass is 370 g/mol. The van der Waals surface area contributed by atoms with Gasteiger partial charge in [0, 0.05) is 12.1 Å². The number of carbonyl (C=O) groups is 1. The number of nitro benzene ring substituents is 1. The topological polar surface area (TPSA) is 107 Å². The average molecular weight is 371 g/mol. The Hall–Kier alpha value is -2.13. The number of hydrogen-bond donors (Lipinski definition) is 0. The SMILES string of the molecule is O=C1C=C/C(=N/S(=O)(=O)c2cccc([N+](=O)[O-])c2)C=C1Br. The number of allylic oxidation sites excluding steroid dienone is 4. The lowest BCUT2D eigenvalue weighted by Gasteiger charge is -2.03. The Morgan fingerprint density at radius 3 is 2.57 bits per heavy atom. The van der Waals surface area contributed by atoms with E-state index in [0.717, 1.165) is 6.07 Å². The van der Waals surface area contributed by atoms with Crippen LogP contribution in [0.25, 0.3) is 0 Å². The number of sulfonamides is 1. The van der Waals surface area contributed by atoms with Crippen LogP contribution in [0.3, 0.4) is 0 Å². The second-order valence-corrected chi connectivity index (χ2v) is 6.39. The Bertz CT molecular complexity index is 824. The molecule has 21 heavy (non-hydrogen) atoms. The van der Waals surface area contributed by atoms with E-state index in [-0.39, 0.29) is 26.6 Å². The van der Waals surface area contributed by atoms with Gasteiger partial charge in [0.05, 0.1) is 20.0 Å². The van der Waals surface area contributed by atoms with E-state index in [9.17, 15) is 23.3 Å². The molecule has 1 aromatic rings. The van der Waals surface area contributed by atoms with E-state index in [1.165, 1.54) is 36.4 Å². The summed E-state index contributed by atoms with van der Waals surface area (Å²) in [6.45, 7) is 0. The van der Waals surface area contributed by atoms with Crippen molar-refractivity contribution in [3.8, 4) is 0 Å². The molecule has 0 heterocycles. The molecule has 0 N–H and O–H groups in total. The minimum atomic E-state index is -4.10. The summed E-state index contributed by atoms with van der Waals surface area (Å²) in [5.41, 5.74) is -0.296. The maximum absolute atomic E-state index is 12.1. The third-order valence-corrected chi connectivity index (χ3v) is 4.39. The molecule has 0 unspecified atom stereocenters. The summed E-state index contributed by atoms with van der Waals surface area (Å²) in [6.07, 6.45) is 3.69. The van der Waals surface area contributed by atoms with Gasteiger partial charge in [-0.05, 0) is 40.2 Å². The molecule has 1 aliphatic rings. The quantitative estimate of drug-likeness (QED) is 0.460. The number of ketones is 1. The number of halogens is 1. The van der Waals surface area contributed by atoms with Crippen LogP contribution in [-0.4, -0.2) is 24.8 Å². The molecule has 0 atom stereocenters. The molecule has 7 nitrogen and oxygen atoms in total. The van der Waals surface area contributed by atoms with Crippen molar-refractivity contribution < 1.29 is 18.1 Å². The smallest absolute Gasteiger partial charge is 0.283 e. The zero-order chi connectivity index (χ0) is 15.6. The standard InChI is InChI=1S/C12H7BrN2O5S/c13-11-6-8(4-5-12(11)16)14-21(19,20)10-3-1-2-9(7-10)15(17)18/h1-7H/b14-8-. The van der Waals surface area contributed by atoms with Gasteiger partial charge < -0.3 is 0 Å². The van der Waals surface area contributed by atoms with Crippen LogP contribution in [0.2, 0.25) is 0 Å². The maximum Gasteiger partial charge on any atom is 0.283 e. The highest BCUT2D eigenvalue weighted by Gasteiger charge is 2.18. The first kappa shape index (κ1) is 15.3. The van der Waals surface area contributed by atoms with Gasteiger partial charge in [-0.3, -0.25) is 14.9 Å². The molecule has 0 aromatic heterocycles. The van der Waals surface area contributed by atoms with E-state index in [1.54, 1.807) is 0 Å². The molecule has 0 aliphatic heterocycles. The van der Waals surface area contributed by atoms with Gasteiger partial charge in [-0.15, -0.1) is 0 Å². The van der Waals surface area contributed by atoms with Gasteiger partial charge in [0.1, 0.15) is 0 Å². The van der Waals surface area contributed by atoms with E-state index >= 15 is 0 Å². The summed E-state index contributed by atoms with van der Waals surface area (Å²) in [6, 6.07) is 4.58. The van der Waals surface area contributed by atoms with Gasteiger partial charge in [-0.25, -0.2) is 0 Å². The van der Waals surface area contributed by atoms with E-state index in [4.69, 9.17) is 0 Å². The first-order chi connectivity index (χ1) is 9.79. The lowest BCUT2D eigenvalue weighted by atomic mass is 10.2. The molecule has 0 saturated heterocycles. The van der Waals surface area contributed by atoms with Crippen LogP contribution in [0, 0.1) is 10.1 Å². The molecule has 9 heteroatoms. The molecule has 0 radical (unpaired) electrons. The highest BCUT2D eigenvalue weighted by Crippen LogP contribution is 2.20. The number of hydrogen-bond acceptors (Lipinski definition) is 5. The van der Waals surface area contributed by atoms with Crippen molar-refractivity contribution in [2.75, 3.05) is 0 Å². The molecule has 108 valence electrons. The highest BCUT2D eigenvalue weighted by atomic mass is 79.9. The predicted molar refractivity (Wildman–Crippen MR) is 78.9 cm³/mol. The fourth-order valence-corrected chi connectivity index (χ4v) is 2.88. The summed E-state index contributed by atoms with van der Waals surface area (Å²) in [5.74, 6) is -0.304. The minimum absolute atomic E-state index is 0.0491. The summed E-state index contributed by atoms with van der Waals surface area (Å²) in [5, 5.41) is 10.7. The second-order valence-electron chi connectivity index (χ2n) is 3.94. The molecular weight excluding hydrogens is 364 g/mol. The van der Waals surface area contributed by atoms with Gasteiger partial charge in [0.15, 0.2) is 5.78 Å². The lowest BCUT2D eigenvalue weighted by molar-refractivity contribution is -0.385. The first-order valence-electron chi connectivity index (χ1n) is 5.48. The van der Waals surface area contributed by atoms with Gasteiger partial charge in [-0.2, -0.15) is 12.8 Å². The fraction of sp³-hybridized carbons (Fsp3) is 0. The van der Waals surface area contributed by atoms with Crippen LogP contribution in [0.5, 0.6) is 0 Å². The van der Waals surface area contributed by atoms with Crippen LogP contribution in [0.1, 0.15) is 0 Å². The van der Waals surface area contributed by atoms with E-state index in [0.29, 0.717) is 0 Å². The number of non-ortho nitro benzene ring substituents is 1. The van der Waals surface area contributed by atoms with E-state index in [1.807, 2.05) is 0 Å². The molecular formula is C12H7BrN2O5S. The first-order valence-corrected chi connectivity index (χ1v) is 7.72. The third kappa shape index (κ3) is 3.50. The Labute approximate surface area is 128 Å². The Morgan fingerprint density at radius 1 is 1.24 bits per heavy atom. The van der Waals surface area contributed by atoms with Crippen LogP contribution >= 0.6 is 15.9 Å². The number of carbonyl (C=O) groups excluding carboxylic acids is 1.